The van der Waals surface area contributed by atoms with Crippen LogP contribution in [0.4, 0.5) is 0 Å². The number of rotatable bonds is 7. The van der Waals surface area contributed by atoms with Crippen molar-refractivity contribution in [2.75, 3.05) is 6.26 Å². The fourth-order valence-electron chi connectivity index (χ4n) is 5.89. The Morgan fingerprint density at radius 2 is 1.84 bits per heavy atom. The second-order valence-corrected chi connectivity index (χ2v) is 12.2. The van der Waals surface area contributed by atoms with Gasteiger partial charge in [0, 0.05) is 58.7 Å². The maximum atomic E-state index is 13.2. The van der Waals surface area contributed by atoms with Gasteiger partial charge >= 0.3 is 0 Å². The molecule has 2 saturated carbocycles. The van der Waals surface area contributed by atoms with Crippen molar-refractivity contribution in [2.45, 2.75) is 94.7 Å². The van der Waals surface area contributed by atoms with Gasteiger partial charge in [0.15, 0.2) is 11.5 Å². The smallest absolute Gasteiger partial charge is 0.254 e. The number of aryl methyl sites for hydroxylation is 1. The Kier molecular flexibility index (Phi) is 7.75. The standard InChI is InChI=1S/C28H36ClN3O5S/c1-14-9-23(38-4)21(27(35)31-14)13-30-26(34)20-12-22(29)25-24(15(20)2)36-28(3,37-25)16-5-7-17(8-6-16)32-18-10-19(33)11-18/h9,12,16-19,32-33H,5-8,10-11,13H2,1-4H3,(H,30,34)(H,31,35)/t16-,17+,18-,19-,28-/m0/s1. The molecule has 0 radical (unpaired) electrons. The van der Waals surface area contributed by atoms with Crippen LogP contribution >= 0.6 is 23.4 Å². The van der Waals surface area contributed by atoms with Crippen LogP contribution in [-0.4, -0.2) is 46.2 Å². The number of aromatic nitrogens is 1. The molecule has 38 heavy (non-hydrogen) atoms. The van der Waals surface area contributed by atoms with E-state index in [1.807, 2.05) is 33.1 Å². The van der Waals surface area contributed by atoms with Gasteiger partial charge in [0.25, 0.3) is 17.3 Å². The van der Waals surface area contributed by atoms with E-state index in [4.69, 9.17) is 21.1 Å². The van der Waals surface area contributed by atoms with Gasteiger partial charge in [-0.1, -0.05) is 11.6 Å². The number of pyridine rings is 1. The van der Waals surface area contributed by atoms with Crippen molar-refractivity contribution in [2.24, 2.45) is 5.92 Å². The van der Waals surface area contributed by atoms with Gasteiger partial charge in [0.05, 0.1) is 11.1 Å². The van der Waals surface area contributed by atoms with Gasteiger partial charge < -0.3 is 30.2 Å². The number of halogens is 1. The topological polar surface area (TPSA) is 113 Å². The lowest BCUT2D eigenvalue weighted by molar-refractivity contribution is -0.121. The van der Waals surface area contributed by atoms with Gasteiger partial charge in [0.2, 0.25) is 0 Å². The van der Waals surface area contributed by atoms with Crippen molar-refractivity contribution in [1.82, 2.24) is 15.6 Å². The summed E-state index contributed by atoms with van der Waals surface area (Å²) in [6.45, 7) is 5.72. The van der Waals surface area contributed by atoms with E-state index >= 15 is 0 Å². The van der Waals surface area contributed by atoms with Crippen molar-refractivity contribution >= 4 is 29.3 Å². The average molecular weight is 562 g/mol. The zero-order valence-electron chi connectivity index (χ0n) is 22.3. The lowest BCUT2D eigenvalue weighted by Gasteiger charge is -2.40. The Morgan fingerprint density at radius 1 is 1.16 bits per heavy atom. The van der Waals surface area contributed by atoms with Gasteiger partial charge in [-0.2, -0.15) is 0 Å². The molecule has 3 aliphatic rings. The summed E-state index contributed by atoms with van der Waals surface area (Å²) in [7, 11) is 0. The van der Waals surface area contributed by atoms with E-state index in [0.717, 1.165) is 49.1 Å². The molecule has 0 spiro atoms. The highest BCUT2D eigenvalue weighted by atomic mass is 35.5. The van der Waals surface area contributed by atoms with Crippen molar-refractivity contribution in [3.63, 3.8) is 0 Å². The van der Waals surface area contributed by atoms with Gasteiger partial charge in [-0.25, -0.2) is 0 Å². The quantitative estimate of drug-likeness (QED) is 0.369. The Morgan fingerprint density at radius 3 is 2.50 bits per heavy atom. The maximum Gasteiger partial charge on any atom is 0.254 e. The summed E-state index contributed by atoms with van der Waals surface area (Å²) >= 11 is 8.08. The number of hydrogen-bond acceptors (Lipinski definition) is 7. The number of aliphatic hydroxyl groups excluding tert-OH is 1. The molecular weight excluding hydrogens is 526 g/mol. The van der Waals surface area contributed by atoms with Crippen LogP contribution in [0.25, 0.3) is 0 Å². The second-order valence-electron chi connectivity index (χ2n) is 11.0. The van der Waals surface area contributed by atoms with E-state index in [2.05, 4.69) is 15.6 Å². The third kappa shape index (κ3) is 5.30. The summed E-state index contributed by atoms with van der Waals surface area (Å²) in [6, 6.07) is 4.39. The zero-order chi connectivity index (χ0) is 27.2. The summed E-state index contributed by atoms with van der Waals surface area (Å²) in [5.41, 5.74) is 2.14. The molecule has 2 fully saturated rings. The molecule has 8 nitrogen and oxygen atoms in total. The van der Waals surface area contributed by atoms with Crippen LogP contribution < -0.4 is 25.7 Å². The molecule has 2 heterocycles. The van der Waals surface area contributed by atoms with Crippen molar-refractivity contribution < 1.29 is 19.4 Å². The molecule has 4 N–H and O–H groups in total. The fraction of sp³-hybridized carbons (Fsp3) is 0.571. The van der Waals surface area contributed by atoms with E-state index in [0.29, 0.717) is 45.3 Å². The van der Waals surface area contributed by atoms with Gasteiger partial charge in [-0.15, -0.1) is 11.8 Å². The molecule has 1 atom stereocenters. The van der Waals surface area contributed by atoms with Crippen molar-refractivity contribution in [1.29, 1.82) is 0 Å². The minimum absolute atomic E-state index is 0.102. The molecule has 0 bridgehead atoms. The molecule has 1 aliphatic heterocycles. The first-order valence-electron chi connectivity index (χ1n) is 13.3. The maximum absolute atomic E-state index is 13.2. The molecular formula is C28H36ClN3O5S. The second kappa shape index (κ2) is 10.8. The summed E-state index contributed by atoms with van der Waals surface area (Å²) in [5, 5.41) is 16.4. The summed E-state index contributed by atoms with van der Waals surface area (Å²) < 4.78 is 12.8. The van der Waals surface area contributed by atoms with E-state index in [-0.39, 0.29) is 30.0 Å². The highest BCUT2D eigenvalue weighted by Gasteiger charge is 2.47. The van der Waals surface area contributed by atoms with Crippen LogP contribution in [0.15, 0.2) is 21.8 Å². The largest absolute Gasteiger partial charge is 0.448 e. The van der Waals surface area contributed by atoms with Crippen molar-refractivity contribution in [3.8, 4) is 11.5 Å². The number of hydrogen-bond donors (Lipinski definition) is 4. The Labute approximate surface area is 232 Å². The number of aromatic amines is 1. The number of H-pyrrole nitrogens is 1. The third-order valence-electron chi connectivity index (χ3n) is 8.22. The third-order valence-corrected chi connectivity index (χ3v) is 9.31. The molecule has 5 rings (SSSR count). The Hall–Kier alpha value is -2.20. The first-order valence-corrected chi connectivity index (χ1v) is 14.9. The number of carbonyl (C=O) groups excluding carboxylic acids is 1. The molecule has 0 saturated heterocycles. The highest BCUT2D eigenvalue weighted by molar-refractivity contribution is 7.98. The van der Waals surface area contributed by atoms with E-state index in [1.54, 1.807) is 6.07 Å². The van der Waals surface area contributed by atoms with Crippen LogP contribution in [0.3, 0.4) is 0 Å². The molecule has 1 aromatic carbocycles. The Bertz CT molecular complexity index is 1290. The predicted octanol–water partition coefficient (Wildman–Crippen LogP) is 4.46. The van der Waals surface area contributed by atoms with Crippen LogP contribution in [0.1, 0.15) is 72.6 Å². The zero-order valence-corrected chi connectivity index (χ0v) is 23.9. The predicted molar refractivity (Wildman–Crippen MR) is 149 cm³/mol. The first kappa shape index (κ1) is 27.4. The SMILES string of the molecule is CSc1cc(C)[nH]c(=O)c1CNC(=O)c1cc(Cl)c2c(c1C)O[C@](C)([C@H]1CC[C@@H](N[C@H]3C[C@H](O)C3)CC1)O2. The molecule has 2 aromatic rings. The van der Waals surface area contributed by atoms with Gasteiger partial charge in [0.1, 0.15) is 0 Å². The number of fused-ring (bicyclic) bond motifs is 1. The summed E-state index contributed by atoms with van der Waals surface area (Å²) in [4.78, 5) is 29.3. The Balaban J connectivity index is 1.26. The number of thioether (sulfide) groups is 1. The minimum atomic E-state index is -0.855. The number of aliphatic hydroxyl groups is 1. The lowest BCUT2D eigenvalue weighted by atomic mass is 9.80. The van der Waals surface area contributed by atoms with Crippen LogP contribution in [0.2, 0.25) is 5.02 Å². The molecule has 0 unspecified atom stereocenters. The van der Waals surface area contributed by atoms with Crippen LogP contribution in [0.5, 0.6) is 11.5 Å². The van der Waals surface area contributed by atoms with E-state index in [9.17, 15) is 14.7 Å². The van der Waals surface area contributed by atoms with E-state index < -0.39 is 5.79 Å². The first-order chi connectivity index (χ1) is 18.1. The monoisotopic (exact) mass is 561 g/mol. The minimum Gasteiger partial charge on any atom is -0.448 e. The average Bonchev–Trinajstić information content (AvgIpc) is 3.24. The normalized spacial score (nSPS) is 28.2. The number of nitrogens with one attached hydrogen (secondary N) is 3. The number of benzene rings is 1. The lowest BCUT2D eigenvalue weighted by Crippen LogP contribution is -2.51. The summed E-state index contributed by atoms with van der Waals surface area (Å²) in [5.74, 6) is -0.0141. The number of amides is 1. The molecule has 10 heteroatoms. The number of carbonyl (C=O) groups is 1. The highest BCUT2D eigenvalue weighted by Crippen LogP contribution is 2.51. The summed E-state index contributed by atoms with van der Waals surface area (Å²) in [6.07, 6.45) is 7.37. The molecule has 2 aliphatic carbocycles. The van der Waals surface area contributed by atoms with Crippen LogP contribution in [0, 0.1) is 19.8 Å². The molecule has 1 amide bonds. The van der Waals surface area contributed by atoms with Crippen molar-refractivity contribution in [3.05, 3.63) is 49.9 Å². The van der Waals surface area contributed by atoms with Gasteiger partial charge in [-0.3, -0.25) is 9.59 Å². The fourth-order valence-corrected chi connectivity index (χ4v) is 6.83. The van der Waals surface area contributed by atoms with Gasteiger partial charge in [-0.05, 0) is 70.8 Å². The number of ether oxygens (including phenoxy) is 2. The van der Waals surface area contributed by atoms with Crippen LogP contribution in [-0.2, 0) is 6.54 Å². The molecule has 206 valence electrons. The van der Waals surface area contributed by atoms with E-state index in [1.165, 1.54) is 11.8 Å². The molecule has 1 aromatic heterocycles.